The molecular weight excluding hydrogens is 617 g/mol. The number of hydrogen-bond donors (Lipinski definition) is 4. The van der Waals surface area contributed by atoms with Crippen LogP contribution < -0.4 is 0 Å². The van der Waals surface area contributed by atoms with Crippen molar-refractivity contribution in [2.24, 2.45) is 0 Å². The van der Waals surface area contributed by atoms with E-state index in [1.165, 1.54) is 56.1 Å². The Morgan fingerprint density at radius 2 is 0.880 bits per heavy atom. The van der Waals surface area contributed by atoms with Crippen molar-refractivity contribution in [1.29, 1.82) is 0 Å². The Balaban J connectivity index is 1.42. The zero-order chi connectivity index (χ0) is 34.8. The molecule has 50 heavy (non-hydrogen) atoms. The van der Waals surface area contributed by atoms with Crippen molar-refractivity contribution in [3.05, 3.63) is 116 Å². The highest BCUT2D eigenvalue weighted by molar-refractivity contribution is 5.57. The number of aromatic hydroxyl groups is 4. The molecule has 0 atom stereocenters. The van der Waals surface area contributed by atoms with Crippen molar-refractivity contribution < 1.29 is 20.4 Å². The van der Waals surface area contributed by atoms with Crippen LogP contribution >= 0.6 is 0 Å². The topological polar surface area (TPSA) is 80.9 Å². The molecule has 4 aromatic carbocycles. The van der Waals surface area contributed by atoms with Gasteiger partial charge < -0.3 is 20.4 Å². The van der Waals surface area contributed by atoms with Gasteiger partial charge in [0.15, 0.2) is 0 Å². The summed E-state index contributed by atoms with van der Waals surface area (Å²) in [5, 5.41) is 45.8. The maximum absolute atomic E-state index is 12.0. The van der Waals surface area contributed by atoms with Gasteiger partial charge in [-0.25, -0.2) is 0 Å². The molecule has 0 saturated heterocycles. The molecule has 4 aromatic rings. The molecule has 3 aliphatic carbocycles. The van der Waals surface area contributed by atoms with Crippen molar-refractivity contribution in [2.45, 2.75) is 140 Å². The fourth-order valence-electron chi connectivity index (χ4n) is 9.73. The maximum Gasteiger partial charge on any atom is 0.122 e. The van der Waals surface area contributed by atoms with Crippen molar-refractivity contribution in [1.82, 2.24) is 0 Å². The summed E-state index contributed by atoms with van der Waals surface area (Å²) in [6.45, 7) is 4.10. The van der Waals surface area contributed by atoms with Crippen LogP contribution in [0, 0.1) is 13.8 Å². The van der Waals surface area contributed by atoms with Gasteiger partial charge in [-0.2, -0.15) is 0 Å². The lowest BCUT2D eigenvalue weighted by atomic mass is 9.63. The Hall–Kier alpha value is -3.92. The molecule has 0 heterocycles. The molecule has 3 fully saturated rings. The van der Waals surface area contributed by atoms with Gasteiger partial charge in [-0.05, 0) is 121 Å². The molecule has 0 aliphatic heterocycles. The van der Waals surface area contributed by atoms with Crippen LogP contribution in [0.1, 0.15) is 164 Å². The van der Waals surface area contributed by atoms with Crippen LogP contribution in [0.15, 0.2) is 60.7 Å². The van der Waals surface area contributed by atoms with Crippen molar-refractivity contribution in [3.8, 4) is 23.0 Å². The summed E-state index contributed by atoms with van der Waals surface area (Å²) in [6, 6.07) is 20.7. The lowest BCUT2D eigenvalue weighted by Crippen LogP contribution is -2.31. The number of phenols is 4. The van der Waals surface area contributed by atoms with Crippen LogP contribution in [0.4, 0.5) is 0 Å². The number of aryl methyl sites for hydroxylation is 2. The van der Waals surface area contributed by atoms with Gasteiger partial charge in [0.05, 0.1) is 0 Å². The fraction of sp³-hybridized carbons (Fsp3) is 0.478. The minimum atomic E-state index is -0.265. The average molecular weight is 673 g/mol. The number of phenolic OH excluding ortho intramolecular Hbond substituents is 4. The summed E-state index contributed by atoms with van der Waals surface area (Å²) in [4.78, 5) is 0. The average Bonchev–Trinajstić information content (AvgIpc) is 3.14. The summed E-state index contributed by atoms with van der Waals surface area (Å²) in [6.07, 6.45) is 18.1. The lowest BCUT2D eigenvalue weighted by Gasteiger charge is -2.41. The van der Waals surface area contributed by atoms with Crippen LogP contribution in [0.5, 0.6) is 23.0 Å². The van der Waals surface area contributed by atoms with Gasteiger partial charge in [0.2, 0.25) is 0 Å². The Bertz CT molecular complexity index is 1690. The monoisotopic (exact) mass is 672 g/mol. The molecule has 0 aromatic heterocycles. The molecule has 7 rings (SSSR count). The molecule has 4 heteroatoms. The van der Waals surface area contributed by atoms with E-state index in [1.54, 1.807) is 12.1 Å². The molecule has 4 N–H and O–H groups in total. The second-order valence-corrected chi connectivity index (χ2v) is 16.1. The van der Waals surface area contributed by atoms with Gasteiger partial charge in [0, 0.05) is 18.3 Å². The second kappa shape index (κ2) is 14.7. The van der Waals surface area contributed by atoms with Crippen molar-refractivity contribution in [3.63, 3.8) is 0 Å². The molecule has 0 spiro atoms. The van der Waals surface area contributed by atoms with E-state index >= 15 is 0 Å². The first-order valence-corrected chi connectivity index (χ1v) is 19.5. The van der Waals surface area contributed by atoms with Crippen molar-refractivity contribution >= 4 is 0 Å². The summed E-state index contributed by atoms with van der Waals surface area (Å²) in [5.41, 5.74) is 10.1. The maximum atomic E-state index is 12.0. The normalized spacial score (nSPS) is 18.7. The second-order valence-electron chi connectivity index (χ2n) is 16.1. The zero-order valence-corrected chi connectivity index (χ0v) is 30.2. The van der Waals surface area contributed by atoms with E-state index in [4.69, 9.17) is 0 Å². The lowest BCUT2D eigenvalue weighted by molar-refractivity contribution is 0.341. The summed E-state index contributed by atoms with van der Waals surface area (Å²) in [5.74, 6) is 1.99. The van der Waals surface area contributed by atoms with E-state index in [1.807, 2.05) is 38.1 Å². The van der Waals surface area contributed by atoms with Gasteiger partial charge in [-0.1, -0.05) is 117 Å². The molecular formula is C46H56O4. The van der Waals surface area contributed by atoms with Crippen molar-refractivity contribution in [2.75, 3.05) is 0 Å². The first kappa shape index (κ1) is 34.5. The summed E-state index contributed by atoms with van der Waals surface area (Å²) < 4.78 is 0. The predicted octanol–water partition coefficient (Wildman–Crippen LogP) is 11.7. The Morgan fingerprint density at radius 3 is 1.30 bits per heavy atom. The molecule has 3 aliphatic rings. The summed E-state index contributed by atoms with van der Waals surface area (Å²) >= 11 is 0. The highest BCUT2D eigenvalue weighted by Crippen LogP contribution is 2.51. The molecule has 264 valence electrons. The van der Waals surface area contributed by atoms with E-state index in [-0.39, 0.29) is 16.9 Å². The Labute approximate surface area is 299 Å². The SMILES string of the molecule is Cc1ccc(O)c(Cc2cc(C3(c4cc(Cc5cc(C)ccc5O)c(O)c(C5CCCCC5)c4)CCCCC3)cc(C3CCCCC3)c2O)c1. The minimum Gasteiger partial charge on any atom is -0.508 e. The number of benzene rings is 4. The van der Waals surface area contributed by atoms with Gasteiger partial charge >= 0.3 is 0 Å². The highest BCUT2D eigenvalue weighted by Gasteiger charge is 2.39. The first-order chi connectivity index (χ1) is 24.2. The van der Waals surface area contributed by atoms with E-state index < -0.39 is 0 Å². The number of rotatable bonds is 8. The highest BCUT2D eigenvalue weighted by atomic mass is 16.3. The van der Waals surface area contributed by atoms with E-state index in [0.29, 0.717) is 36.2 Å². The van der Waals surface area contributed by atoms with Gasteiger partial charge in [-0.15, -0.1) is 0 Å². The van der Waals surface area contributed by atoms with E-state index in [0.717, 1.165) is 95.9 Å². The molecule has 4 nitrogen and oxygen atoms in total. The van der Waals surface area contributed by atoms with Gasteiger partial charge in [-0.3, -0.25) is 0 Å². The largest absolute Gasteiger partial charge is 0.508 e. The minimum absolute atomic E-state index is 0.265. The molecule has 0 amide bonds. The van der Waals surface area contributed by atoms with Gasteiger partial charge in [0.1, 0.15) is 23.0 Å². The molecule has 0 bridgehead atoms. The van der Waals surface area contributed by atoms with E-state index in [9.17, 15) is 20.4 Å². The van der Waals surface area contributed by atoms with E-state index in [2.05, 4.69) is 24.3 Å². The molecule has 0 radical (unpaired) electrons. The van der Waals surface area contributed by atoms with Crippen LogP contribution in [0.2, 0.25) is 0 Å². The third kappa shape index (κ3) is 7.00. The predicted molar refractivity (Wildman–Crippen MR) is 203 cm³/mol. The summed E-state index contributed by atoms with van der Waals surface area (Å²) in [7, 11) is 0. The van der Waals surface area contributed by atoms with Gasteiger partial charge in [0.25, 0.3) is 0 Å². The van der Waals surface area contributed by atoms with Crippen LogP contribution in [0.3, 0.4) is 0 Å². The third-order valence-corrected chi connectivity index (χ3v) is 12.6. The van der Waals surface area contributed by atoms with Crippen LogP contribution in [0.25, 0.3) is 0 Å². The Morgan fingerprint density at radius 1 is 0.480 bits per heavy atom. The first-order valence-electron chi connectivity index (χ1n) is 19.5. The zero-order valence-electron chi connectivity index (χ0n) is 30.2. The molecule has 3 saturated carbocycles. The standard InChI is InChI=1S/C46H56O4/c1-30-16-18-42(47)34(22-30)24-36-26-38(28-40(44(36)49)32-12-6-3-7-13-32)46(20-10-5-11-21-46)39-27-37(25-35-23-31(2)17-19-43(35)48)45(50)41(29-39)33-14-8-4-9-15-33/h16-19,22-23,26-29,32-33,47-50H,3-15,20-21,24-25H2,1-2H3. The quantitative estimate of drug-likeness (QED) is 0.150. The fourth-order valence-corrected chi connectivity index (χ4v) is 9.73. The smallest absolute Gasteiger partial charge is 0.122 e. The molecule has 0 unspecified atom stereocenters. The van der Waals surface area contributed by atoms with Crippen LogP contribution in [-0.2, 0) is 18.3 Å². The third-order valence-electron chi connectivity index (χ3n) is 12.6. The Kier molecular flexibility index (Phi) is 10.2. The van der Waals surface area contributed by atoms with Crippen LogP contribution in [-0.4, -0.2) is 20.4 Å². The number of hydrogen-bond acceptors (Lipinski definition) is 4.